The summed E-state index contributed by atoms with van der Waals surface area (Å²) in [5.74, 6) is 0.407. The van der Waals surface area contributed by atoms with E-state index in [1.165, 1.54) is 6.07 Å². The van der Waals surface area contributed by atoms with Crippen molar-refractivity contribution in [1.29, 1.82) is 0 Å². The summed E-state index contributed by atoms with van der Waals surface area (Å²) in [7, 11) is 0. The highest BCUT2D eigenvalue weighted by Gasteiger charge is 2.10. The fraction of sp³-hybridized carbons (Fsp3) is 0.308. The summed E-state index contributed by atoms with van der Waals surface area (Å²) >= 11 is 0. The third kappa shape index (κ3) is 4.49. The van der Waals surface area contributed by atoms with Crippen LogP contribution < -0.4 is 5.73 Å². The highest BCUT2D eigenvalue weighted by molar-refractivity contribution is 5.85. The van der Waals surface area contributed by atoms with Gasteiger partial charge in [-0.1, -0.05) is 12.1 Å². The molecule has 0 aliphatic carbocycles. The van der Waals surface area contributed by atoms with E-state index in [0.29, 0.717) is 11.4 Å². The molecule has 106 valence electrons. The molecule has 0 amide bonds. The van der Waals surface area contributed by atoms with Crippen molar-refractivity contribution >= 4 is 24.8 Å². The number of hydrogen-bond donors (Lipinski definition) is 1. The number of aromatic nitrogens is 2. The van der Waals surface area contributed by atoms with Gasteiger partial charge < -0.3 is 10.3 Å². The van der Waals surface area contributed by atoms with Crippen LogP contribution in [-0.4, -0.2) is 15.6 Å². The highest BCUT2D eigenvalue weighted by atomic mass is 35.5. The zero-order valence-electron chi connectivity index (χ0n) is 10.6. The van der Waals surface area contributed by atoms with Gasteiger partial charge in [-0.05, 0) is 25.5 Å². The minimum atomic E-state index is -0.249. The second kappa shape index (κ2) is 8.15. The summed E-state index contributed by atoms with van der Waals surface area (Å²) in [6.07, 6.45) is 4.38. The summed E-state index contributed by atoms with van der Waals surface area (Å²) < 4.78 is 15.6. The number of nitrogens with zero attached hydrogens (tertiary/aromatic N) is 2. The van der Waals surface area contributed by atoms with Crippen molar-refractivity contribution in [2.45, 2.75) is 25.9 Å². The predicted molar refractivity (Wildman–Crippen MR) is 80.4 cm³/mol. The molecule has 19 heavy (non-hydrogen) atoms. The quantitative estimate of drug-likeness (QED) is 0.942. The number of hydrogen-bond acceptors (Lipinski definition) is 2. The molecule has 1 aromatic carbocycles. The molecule has 1 unspecified atom stereocenters. The molecule has 3 nitrogen and oxygen atoms in total. The van der Waals surface area contributed by atoms with Gasteiger partial charge in [-0.25, -0.2) is 9.37 Å². The molecular weight excluding hydrogens is 288 g/mol. The summed E-state index contributed by atoms with van der Waals surface area (Å²) in [5, 5.41) is 0. The molecule has 0 radical (unpaired) electrons. The minimum absolute atomic E-state index is 0. The lowest BCUT2D eigenvalue weighted by molar-refractivity contribution is 0.571. The third-order valence-electron chi connectivity index (χ3n) is 2.66. The molecule has 2 N–H and O–H groups in total. The van der Waals surface area contributed by atoms with Crippen LogP contribution in [0.15, 0.2) is 36.7 Å². The third-order valence-corrected chi connectivity index (χ3v) is 2.66. The largest absolute Gasteiger partial charge is 0.331 e. The first-order valence-electron chi connectivity index (χ1n) is 5.70. The molecule has 0 bridgehead atoms. The van der Waals surface area contributed by atoms with Crippen LogP contribution >= 0.6 is 24.8 Å². The standard InChI is InChI=1S/C13H16FN3.2ClH/c1-10(15)6-8-17-9-7-16-13(17)11-4-2-3-5-12(11)14;;/h2-5,7,9-10H,6,8,15H2,1H3;2*1H. The zero-order valence-corrected chi connectivity index (χ0v) is 12.3. The Balaban J connectivity index is 0.00000162. The molecule has 6 heteroatoms. The first-order valence-corrected chi connectivity index (χ1v) is 5.70. The fourth-order valence-electron chi connectivity index (χ4n) is 1.72. The first kappa shape index (κ1) is 17.9. The topological polar surface area (TPSA) is 43.8 Å². The smallest absolute Gasteiger partial charge is 0.142 e. The van der Waals surface area contributed by atoms with Crippen molar-refractivity contribution in [3.05, 3.63) is 42.5 Å². The van der Waals surface area contributed by atoms with Crippen LogP contribution in [-0.2, 0) is 6.54 Å². The second-order valence-electron chi connectivity index (χ2n) is 4.19. The van der Waals surface area contributed by atoms with Gasteiger partial charge in [-0.15, -0.1) is 24.8 Å². The lowest BCUT2D eigenvalue weighted by Crippen LogP contribution is -2.17. The average Bonchev–Trinajstić information content (AvgIpc) is 2.75. The maximum atomic E-state index is 13.7. The number of halogens is 3. The Labute approximate surface area is 124 Å². The van der Waals surface area contributed by atoms with Gasteiger partial charge in [-0.2, -0.15) is 0 Å². The Morgan fingerprint density at radius 3 is 2.63 bits per heavy atom. The van der Waals surface area contributed by atoms with E-state index in [4.69, 9.17) is 5.73 Å². The van der Waals surface area contributed by atoms with Gasteiger partial charge in [0.15, 0.2) is 0 Å². The van der Waals surface area contributed by atoms with Crippen LogP contribution in [0.3, 0.4) is 0 Å². The number of imidazole rings is 1. The van der Waals surface area contributed by atoms with Crippen molar-refractivity contribution in [2.75, 3.05) is 0 Å². The lowest BCUT2D eigenvalue weighted by Gasteiger charge is -2.10. The fourth-order valence-corrected chi connectivity index (χ4v) is 1.72. The summed E-state index contributed by atoms with van der Waals surface area (Å²) in [6.45, 7) is 2.71. The molecule has 0 fully saturated rings. The Morgan fingerprint density at radius 1 is 1.32 bits per heavy atom. The van der Waals surface area contributed by atoms with Gasteiger partial charge in [0.2, 0.25) is 0 Å². The molecule has 0 aliphatic rings. The van der Waals surface area contributed by atoms with Crippen molar-refractivity contribution in [1.82, 2.24) is 9.55 Å². The van der Waals surface area contributed by atoms with E-state index < -0.39 is 0 Å². The zero-order chi connectivity index (χ0) is 12.3. The van der Waals surface area contributed by atoms with E-state index in [9.17, 15) is 4.39 Å². The van der Waals surface area contributed by atoms with E-state index in [0.717, 1.165) is 13.0 Å². The van der Waals surface area contributed by atoms with E-state index in [-0.39, 0.29) is 36.7 Å². The molecule has 0 spiro atoms. The van der Waals surface area contributed by atoms with Crippen molar-refractivity contribution in [3.63, 3.8) is 0 Å². The molecule has 1 atom stereocenters. The molecule has 2 aromatic rings. The Morgan fingerprint density at radius 2 is 2.00 bits per heavy atom. The molecule has 2 rings (SSSR count). The van der Waals surface area contributed by atoms with Crippen LogP contribution in [0.4, 0.5) is 4.39 Å². The van der Waals surface area contributed by atoms with E-state index in [2.05, 4.69) is 4.98 Å². The Kier molecular flexibility index (Phi) is 7.68. The van der Waals surface area contributed by atoms with Gasteiger partial charge in [-0.3, -0.25) is 0 Å². The normalized spacial score (nSPS) is 11.3. The van der Waals surface area contributed by atoms with Crippen molar-refractivity contribution in [3.8, 4) is 11.4 Å². The monoisotopic (exact) mass is 305 g/mol. The van der Waals surface area contributed by atoms with E-state index >= 15 is 0 Å². The van der Waals surface area contributed by atoms with Crippen molar-refractivity contribution < 1.29 is 4.39 Å². The molecule has 0 saturated carbocycles. The minimum Gasteiger partial charge on any atom is -0.331 e. The predicted octanol–water partition coefficient (Wildman–Crippen LogP) is 3.27. The molecule has 1 heterocycles. The van der Waals surface area contributed by atoms with E-state index in [1.54, 1.807) is 18.3 Å². The SMILES string of the molecule is CC(N)CCn1ccnc1-c1ccccc1F.Cl.Cl. The maximum Gasteiger partial charge on any atom is 0.142 e. The van der Waals surface area contributed by atoms with Crippen LogP contribution in [0.2, 0.25) is 0 Å². The highest BCUT2D eigenvalue weighted by Crippen LogP contribution is 2.20. The van der Waals surface area contributed by atoms with Crippen LogP contribution in [0, 0.1) is 5.82 Å². The van der Waals surface area contributed by atoms with Crippen LogP contribution in [0.1, 0.15) is 13.3 Å². The average molecular weight is 306 g/mol. The van der Waals surface area contributed by atoms with Gasteiger partial charge in [0.1, 0.15) is 11.6 Å². The second-order valence-corrected chi connectivity index (χ2v) is 4.19. The van der Waals surface area contributed by atoms with Crippen LogP contribution in [0.25, 0.3) is 11.4 Å². The first-order chi connectivity index (χ1) is 8.18. The van der Waals surface area contributed by atoms with Gasteiger partial charge in [0.25, 0.3) is 0 Å². The van der Waals surface area contributed by atoms with Crippen LogP contribution in [0.5, 0.6) is 0 Å². The van der Waals surface area contributed by atoms with E-state index in [1.807, 2.05) is 23.8 Å². The van der Waals surface area contributed by atoms with Gasteiger partial charge >= 0.3 is 0 Å². The number of nitrogens with two attached hydrogens (primary N) is 1. The Bertz CT molecular complexity index is 500. The molecule has 0 saturated heterocycles. The Hall–Kier alpha value is -1.10. The number of aryl methyl sites for hydroxylation is 1. The molecule has 1 aromatic heterocycles. The molecule has 0 aliphatic heterocycles. The summed E-state index contributed by atoms with van der Waals surface area (Å²) in [5.41, 5.74) is 6.25. The van der Waals surface area contributed by atoms with Crippen molar-refractivity contribution in [2.24, 2.45) is 5.73 Å². The molecular formula is C13H18Cl2FN3. The summed E-state index contributed by atoms with van der Waals surface area (Å²) in [6, 6.07) is 6.79. The summed E-state index contributed by atoms with van der Waals surface area (Å²) in [4.78, 5) is 4.21. The number of benzene rings is 1. The van der Waals surface area contributed by atoms with Gasteiger partial charge in [0, 0.05) is 25.0 Å². The maximum absolute atomic E-state index is 13.7. The lowest BCUT2D eigenvalue weighted by atomic mass is 10.2. The number of rotatable bonds is 4. The van der Waals surface area contributed by atoms with Gasteiger partial charge in [0.05, 0.1) is 5.56 Å².